The summed E-state index contributed by atoms with van der Waals surface area (Å²) in [6.07, 6.45) is 5.63. The molecule has 0 saturated heterocycles. The van der Waals surface area contributed by atoms with Gasteiger partial charge < -0.3 is 9.47 Å². The largest absolute Gasteiger partial charge is 0.455 e. The van der Waals surface area contributed by atoms with E-state index in [0.717, 1.165) is 19.3 Å². The van der Waals surface area contributed by atoms with E-state index < -0.39 is 18.0 Å². The molecule has 0 amide bonds. The van der Waals surface area contributed by atoms with Crippen LogP contribution >= 0.6 is 0 Å². The van der Waals surface area contributed by atoms with E-state index in [9.17, 15) is 9.59 Å². The molecule has 0 aliphatic heterocycles. The van der Waals surface area contributed by atoms with Gasteiger partial charge in [0.15, 0.2) is 6.10 Å². The molecular formula is C13H18O4. The highest BCUT2D eigenvalue weighted by molar-refractivity contribution is 5.89. The Bertz CT molecular complexity index is 343. The van der Waals surface area contributed by atoms with Gasteiger partial charge in [0.2, 0.25) is 0 Å². The van der Waals surface area contributed by atoms with E-state index in [2.05, 4.69) is 6.58 Å². The van der Waals surface area contributed by atoms with Crippen molar-refractivity contribution in [3.05, 3.63) is 24.3 Å². The van der Waals surface area contributed by atoms with Crippen LogP contribution in [0.1, 0.15) is 33.1 Å². The molecule has 0 heterocycles. The molecule has 0 radical (unpaired) electrons. The lowest BCUT2D eigenvalue weighted by Crippen LogP contribution is -2.30. The minimum absolute atomic E-state index is 0.192. The zero-order valence-electron chi connectivity index (χ0n) is 10.3. The van der Waals surface area contributed by atoms with E-state index in [1.54, 1.807) is 0 Å². The van der Waals surface area contributed by atoms with Gasteiger partial charge in [-0.2, -0.15) is 0 Å². The number of ether oxygens (including phenoxy) is 2. The molecule has 0 aromatic carbocycles. The molecule has 2 unspecified atom stereocenters. The fourth-order valence-corrected chi connectivity index (χ4v) is 1.43. The lowest BCUT2D eigenvalue weighted by molar-refractivity contribution is -0.167. The van der Waals surface area contributed by atoms with Gasteiger partial charge in [0.25, 0.3) is 0 Å². The smallest absolute Gasteiger partial charge is 0.347 e. The van der Waals surface area contributed by atoms with Crippen LogP contribution in [0.3, 0.4) is 0 Å². The molecule has 2 atom stereocenters. The van der Waals surface area contributed by atoms with E-state index in [-0.39, 0.29) is 11.7 Å². The number of esters is 2. The van der Waals surface area contributed by atoms with Crippen molar-refractivity contribution >= 4 is 11.9 Å². The summed E-state index contributed by atoms with van der Waals surface area (Å²) in [6, 6.07) is 0. The summed E-state index contributed by atoms with van der Waals surface area (Å²) in [4.78, 5) is 22.8. The monoisotopic (exact) mass is 238 g/mol. The number of carbonyl (C=O) groups is 2. The summed E-state index contributed by atoms with van der Waals surface area (Å²) in [5.41, 5.74) is 0.266. The Balaban J connectivity index is 2.41. The maximum Gasteiger partial charge on any atom is 0.347 e. The van der Waals surface area contributed by atoms with Crippen LogP contribution in [-0.4, -0.2) is 24.1 Å². The van der Waals surface area contributed by atoms with Crippen molar-refractivity contribution in [3.63, 3.8) is 0 Å². The average Bonchev–Trinajstić information content (AvgIpc) is 2.29. The van der Waals surface area contributed by atoms with Crippen LogP contribution in [0, 0.1) is 0 Å². The lowest BCUT2D eigenvalue weighted by atomic mass is 10.1. The molecule has 4 nitrogen and oxygen atoms in total. The third kappa shape index (κ3) is 4.43. The third-order valence-electron chi connectivity index (χ3n) is 2.44. The molecule has 1 aliphatic carbocycles. The molecule has 0 spiro atoms. The van der Waals surface area contributed by atoms with Gasteiger partial charge in [-0.3, -0.25) is 0 Å². The van der Waals surface area contributed by atoms with Gasteiger partial charge in [-0.25, -0.2) is 9.59 Å². The number of allylic oxidation sites excluding steroid dienone is 1. The standard InChI is InChI=1S/C13H18O4/c1-9(2)12(14)16-10(3)13(15)17-11-7-5-4-6-8-11/h5,7,10-11H,1,4,6,8H2,2-3H3. The van der Waals surface area contributed by atoms with Crippen LogP contribution in [0.25, 0.3) is 0 Å². The first-order chi connectivity index (χ1) is 8.00. The molecule has 0 bridgehead atoms. The lowest BCUT2D eigenvalue weighted by Gasteiger charge is -2.19. The van der Waals surface area contributed by atoms with Gasteiger partial charge in [0.1, 0.15) is 6.10 Å². The van der Waals surface area contributed by atoms with Gasteiger partial charge in [0, 0.05) is 5.57 Å². The molecule has 1 rings (SSSR count). The first-order valence-electron chi connectivity index (χ1n) is 5.74. The minimum atomic E-state index is -0.894. The Morgan fingerprint density at radius 3 is 2.71 bits per heavy atom. The van der Waals surface area contributed by atoms with Crippen molar-refractivity contribution in [2.75, 3.05) is 0 Å². The Kier molecular flexibility index (Phi) is 4.94. The second kappa shape index (κ2) is 6.23. The second-order valence-corrected chi connectivity index (χ2v) is 4.16. The topological polar surface area (TPSA) is 52.6 Å². The molecule has 0 saturated carbocycles. The van der Waals surface area contributed by atoms with Crippen molar-refractivity contribution in [3.8, 4) is 0 Å². The highest BCUT2D eigenvalue weighted by Gasteiger charge is 2.22. The zero-order chi connectivity index (χ0) is 12.8. The quantitative estimate of drug-likeness (QED) is 0.428. The summed E-state index contributed by atoms with van der Waals surface area (Å²) in [7, 11) is 0. The maximum absolute atomic E-state index is 11.6. The molecule has 0 aromatic rings. The Hall–Kier alpha value is -1.58. The van der Waals surface area contributed by atoms with Gasteiger partial charge in [-0.1, -0.05) is 12.7 Å². The molecular weight excluding hydrogens is 220 g/mol. The highest BCUT2D eigenvalue weighted by atomic mass is 16.6. The van der Waals surface area contributed by atoms with E-state index >= 15 is 0 Å². The molecule has 0 fully saturated rings. The van der Waals surface area contributed by atoms with E-state index in [4.69, 9.17) is 9.47 Å². The van der Waals surface area contributed by atoms with Gasteiger partial charge in [-0.15, -0.1) is 0 Å². The average molecular weight is 238 g/mol. The van der Waals surface area contributed by atoms with Crippen LogP contribution < -0.4 is 0 Å². The van der Waals surface area contributed by atoms with Crippen LogP contribution in [0.2, 0.25) is 0 Å². The van der Waals surface area contributed by atoms with E-state index in [1.165, 1.54) is 13.8 Å². The van der Waals surface area contributed by atoms with Crippen molar-refractivity contribution < 1.29 is 19.1 Å². The summed E-state index contributed by atoms with van der Waals surface area (Å²) >= 11 is 0. The van der Waals surface area contributed by atoms with Crippen molar-refractivity contribution in [2.45, 2.75) is 45.3 Å². The third-order valence-corrected chi connectivity index (χ3v) is 2.44. The Morgan fingerprint density at radius 1 is 1.47 bits per heavy atom. The SMILES string of the molecule is C=C(C)C(=O)OC(C)C(=O)OC1C=CCCC1. The van der Waals surface area contributed by atoms with Crippen molar-refractivity contribution in [1.82, 2.24) is 0 Å². The predicted octanol–water partition coefficient (Wildman–Crippen LogP) is 2.15. The Labute approximate surface area is 101 Å². The van der Waals surface area contributed by atoms with Crippen molar-refractivity contribution in [2.24, 2.45) is 0 Å². The summed E-state index contributed by atoms with van der Waals surface area (Å²) in [5.74, 6) is -1.09. The zero-order valence-corrected chi connectivity index (χ0v) is 10.3. The number of hydrogen-bond donors (Lipinski definition) is 0. The molecule has 1 aliphatic rings. The number of carbonyl (C=O) groups excluding carboxylic acids is 2. The second-order valence-electron chi connectivity index (χ2n) is 4.16. The van der Waals surface area contributed by atoms with Crippen LogP contribution in [0.5, 0.6) is 0 Å². The van der Waals surface area contributed by atoms with Crippen LogP contribution in [0.4, 0.5) is 0 Å². The van der Waals surface area contributed by atoms with E-state index in [0.29, 0.717) is 0 Å². The molecule has 94 valence electrons. The highest BCUT2D eigenvalue weighted by Crippen LogP contribution is 2.14. The number of hydrogen-bond acceptors (Lipinski definition) is 4. The predicted molar refractivity (Wildman–Crippen MR) is 63.2 cm³/mol. The first-order valence-corrected chi connectivity index (χ1v) is 5.74. The maximum atomic E-state index is 11.6. The molecule has 0 aromatic heterocycles. The summed E-state index contributed by atoms with van der Waals surface area (Å²) in [6.45, 7) is 6.47. The van der Waals surface area contributed by atoms with Gasteiger partial charge in [0.05, 0.1) is 0 Å². The normalized spacial score (nSPS) is 20.5. The van der Waals surface area contributed by atoms with E-state index in [1.807, 2.05) is 12.2 Å². The van der Waals surface area contributed by atoms with Crippen molar-refractivity contribution in [1.29, 1.82) is 0 Å². The van der Waals surface area contributed by atoms with Gasteiger partial charge in [-0.05, 0) is 39.2 Å². The summed E-state index contributed by atoms with van der Waals surface area (Å²) in [5, 5.41) is 0. The molecule has 17 heavy (non-hydrogen) atoms. The minimum Gasteiger partial charge on any atom is -0.455 e. The fraction of sp³-hybridized carbons (Fsp3) is 0.538. The number of rotatable bonds is 4. The fourth-order valence-electron chi connectivity index (χ4n) is 1.43. The molecule has 4 heteroatoms. The van der Waals surface area contributed by atoms with Crippen LogP contribution in [-0.2, 0) is 19.1 Å². The first kappa shape index (κ1) is 13.5. The van der Waals surface area contributed by atoms with Gasteiger partial charge >= 0.3 is 11.9 Å². The Morgan fingerprint density at radius 2 is 2.18 bits per heavy atom. The summed E-state index contributed by atoms with van der Waals surface area (Å²) < 4.78 is 10.1. The van der Waals surface area contributed by atoms with Crippen LogP contribution in [0.15, 0.2) is 24.3 Å². The molecule has 0 N–H and O–H groups in total.